The van der Waals surface area contributed by atoms with Crippen LogP contribution in [0.4, 0.5) is 10.8 Å². The molecule has 8 heteroatoms. The molecule has 2 N–H and O–H groups in total. The van der Waals surface area contributed by atoms with Gasteiger partial charge in [0.05, 0.1) is 16.9 Å². The molecule has 2 aromatic carbocycles. The predicted molar refractivity (Wildman–Crippen MR) is 115 cm³/mol. The van der Waals surface area contributed by atoms with Gasteiger partial charge in [0.2, 0.25) is 11.8 Å². The standard InChI is InChI=1S/C22H21N3O4S/c1-13-4-9-19(14(2)10-13)25(15(3)26)22-24-18(12-30-22)11-29-21(28)17-7-5-16(6-8-17)20(23)27/h4-10,12H,11H2,1-3H3,(H2,23,27). The molecule has 1 heterocycles. The number of hydrogen-bond donors (Lipinski definition) is 1. The van der Waals surface area contributed by atoms with Gasteiger partial charge in [-0.15, -0.1) is 11.3 Å². The zero-order valence-corrected chi connectivity index (χ0v) is 17.7. The molecule has 0 aliphatic heterocycles. The molecule has 2 amide bonds. The molecule has 7 nitrogen and oxygen atoms in total. The van der Waals surface area contributed by atoms with E-state index in [2.05, 4.69) is 4.98 Å². The fraction of sp³-hybridized carbons (Fsp3) is 0.182. The van der Waals surface area contributed by atoms with Gasteiger partial charge in [0.15, 0.2) is 5.13 Å². The number of amides is 2. The van der Waals surface area contributed by atoms with Crippen LogP contribution in [0.2, 0.25) is 0 Å². The largest absolute Gasteiger partial charge is 0.456 e. The summed E-state index contributed by atoms with van der Waals surface area (Å²) in [7, 11) is 0. The molecule has 0 aliphatic carbocycles. The highest BCUT2D eigenvalue weighted by molar-refractivity contribution is 7.14. The van der Waals surface area contributed by atoms with E-state index in [-0.39, 0.29) is 12.5 Å². The van der Waals surface area contributed by atoms with Crippen molar-refractivity contribution in [2.45, 2.75) is 27.4 Å². The van der Waals surface area contributed by atoms with Gasteiger partial charge in [0, 0.05) is 17.9 Å². The van der Waals surface area contributed by atoms with E-state index in [1.165, 1.54) is 42.5 Å². The summed E-state index contributed by atoms with van der Waals surface area (Å²) in [6.45, 7) is 5.38. The van der Waals surface area contributed by atoms with Gasteiger partial charge in [0.1, 0.15) is 6.61 Å². The van der Waals surface area contributed by atoms with Crippen LogP contribution in [0.1, 0.15) is 44.5 Å². The van der Waals surface area contributed by atoms with Crippen LogP contribution < -0.4 is 10.6 Å². The third-order valence-electron chi connectivity index (χ3n) is 4.40. The van der Waals surface area contributed by atoms with Gasteiger partial charge in [-0.25, -0.2) is 9.78 Å². The molecule has 0 spiro atoms. The van der Waals surface area contributed by atoms with Crippen molar-refractivity contribution in [1.82, 2.24) is 4.98 Å². The molecule has 0 saturated heterocycles. The second-order valence-electron chi connectivity index (χ2n) is 6.78. The number of nitrogens with zero attached hydrogens (tertiary/aromatic N) is 2. The van der Waals surface area contributed by atoms with Gasteiger partial charge < -0.3 is 10.5 Å². The maximum atomic E-state index is 12.3. The second-order valence-corrected chi connectivity index (χ2v) is 7.62. The number of hydrogen-bond acceptors (Lipinski definition) is 6. The van der Waals surface area contributed by atoms with E-state index >= 15 is 0 Å². The van der Waals surface area contributed by atoms with E-state index in [0.29, 0.717) is 22.0 Å². The van der Waals surface area contributed by atoms with Crippen LogP contribution in [0.3, 0.4) is 0 Å². The van der Waals surface area contributed by atoms with Crippen LogP contribution >= 0.6 is 11.3 Å². The molecule has 0 radical (unpaired) electrons. The van der Waals surface area contributed by atoms with Gasteiger partial charge in [-0.05, 0) is 49.7 Å². The molecule has 0 fully saturated rings. The minimum Gasteiger partial charge on any atom is -0.456 e. The average Bonchev–Trinajstić information content (AvgIpc) is 3.16. The summed E-state index contributed by atoms with van der Waals surface area (Å²) < 4.78 is 5.30. The molecular weight excluding hydrogens is 402 g/mol. The van der Waals surface area contributed by atoms with Gasteiger partial charge in [-0.1, -0.05) is 17.7 Å². The first-order valence-electron chi connectivity index (χ1n) is 9.15. The van der Waals surface area contributed by atoms with Crippen molar-refractivity contribution in [3.63, 3.8) is 0 Å². The fourth-order valence-electron chi connectivity index (χ4n) is 2.92. The number of aryl methyl sites for hydroxylation is 2. The van der Waals surface area contributed by atoms with E-state index in [4.69, 9.17) is 10.5 Å². The van der Waals surface area contributed by atoms with Crippen LogP contribution in [-0.4, -0.2) is 22.8 Å². The zero-order chi connectivity index (χ0) is 21.8. The molecule has 0 unspecified atom stereocenters. The Morgan fingerprint density at radius 1 is 1.07 bits per heavy atom. The van der Waals surface area contributed by atoms with Crippen LogP contribution in [0.15, 0.2) is 47.8 Å². The Labute approximate surface area is 178 Å². The number of aromatic nitrogens is 1. The highest BCUT2D eigenvalue weighted by atomic mass is 32.1. The van der Waals surface area contributed by atoms with Crippen LogP contribution in [-0.2, 0) is 16.1 Å². The van der Waals surface area contributed by atoms with Crippen molar-refractivity contribution in [2.75, 3.05) is 4.90 Å². The lowest BCUT2D eigenvalue weighted by Crippen LogP contribution is -2.23. The lowest BCUT2D eigenvalue weighted by atomic mass is 10.1. The smallest absolute Gasteiger partial charge is 0.338 e. The summed E-state index contributed by atoms with van der Waals surface area (Å²) in [5.41, 5.74) is 9.18. The number of esters is 1. The number of ether oxygens (including phenoxy) is 1. The Balaban J connectivity index is 1.72. The number of thiazole rings is 1. The van der Waals surface area contributed by atoms with Crippen LogP contribution in [0.25, 0.3) is 0 Å². The number of carbonyl (C=O) groups is 3. The summed E-state index contributed by atoms with van der Waals surface area (Å²) >= 11 is 1.30. The second kappa shape index (κ2) is 8.87. The number of carbonyl (C=O) groups excluding carboxylic acids is 3. The van der Waals surface area contributed by atoms with E-state index in [9.17, 15) is 14.4 Å². The highest BCUT2D eigenvalue weighted by Crippen LogP contribution is 2.31. The molecule has 1 aromatic heterocycles. The molecule has 3 rings (SSSR count). The number of rotatable bonds is 6. The lowest BCUT2D eigenvalue weighted by molar-refractivity contribution is -0.115. The van der Waals surface area contributed by atoms with Crippen molar-refractivity contribution in [3.05, 3.63) is 75.8 Å². The van der Waals surface area contributed by atoms with Crippen molar-refractivity contribution < 1.29 is 19.1 Å². The minimum atomic E-state index is -0.566. The summed E-state index contributed by atoms with van der Waals surface area (Å²) in [6.07, 6.45) is 0. The van der Waals surface area contributed by atoms with Crippen LogP contribution in [0, 0.1) is 13.8 Å². The van der Waals surface area contributed by atoms with Gasteiger partial charge in [-0.2, -0.15) is 0 Å². The van der Waals surface area contributed by atoms with Crippen molar-refractivity contribution in [2.24, 2.45) is 5.73 Å². The normalized spacial score (nSPS) is 10.5. The monoisotopic (exact) mass is 423 g/mol. The third kappa shape index (κ3) is 4.72. The van der Waals surface area contributed by atoms with Crippen molar-refractivity contribution >= 4 is 39.9 Å². The zero-order valence-electron chi connectivity index (χ0n) is 16.8. The number of primary amides is 1. The quantitative estimate of drug-likeness (QED) is 0.606. The third-order valence-corrected chi connectivity index (χ3v) is 5.27. The number of anilines is 2. The molecule has 0 aliphatic rings. The predicted octanol–water partition coefficient (Wildman–Crippen LogP) is 3.90. The van der Waals surface area contributed by atoms with Crippen molar-refractivity contribution in [3.8, 4) is 0 Å². The number of nitrogens with two attached hydrogens (primary N) is 1. The summed E-state index contributed by atoms with van der Waals surface area (Å²) in [5, 5.41) is 2.25. The Bertz CT molecular complexity index is 1110. The Morgan fingerprint density at radius 3 is 2.33 bits per heavy atom. The molecular formula is C22H21N3O4S. The van der Waals surface area contributed by atoms with Gasteiger partial charge in [-0.3, -0.25) is 14.5 Å². The van der Waals surface area contributed by atoms with Crippen LogP contribution in [0.5, 0.6) is 0 Å². The molecule has 30 heavy (non-hydrogen) atoms. The Hall–Kier alpha value is -3.52. The lowest BCUT2D eigenvalue weighted by Gasteiger charge is -2.20. The first-order chi connectivity index (χ1) is 14.3. The van der Waals surface area contributed by atoms with E-state index in [0.717, 1.165) is 16.8 Å². The topological polar surface area (TPSA) is 103 Å². The van der Waals surface area contributed by atoms with Gasteiger partial charge in [0.25, 0.3) is 0 Å². The maximum absolute atomic E-state index is 12.3. The van der Waals surface area contributed by atoms with Gasteiger partial charge >= 0.3 is 5.97 Å². The highest BCUT2D eigenvalue weighted by Gasteiger charge is 2.20. The first-order valence-corrected chi connectivity index (χ1v) is 10.0. The SMILES string of the molecule is CC(=O)N(c1nc(COC(=O)c2ccc(C(N)=O)cc2)cs1)c1ccc(C)cc1C. The summed E-state index contributed by atoms with van der Waals surface area (Å²) in [5.74, 6) is -1.27. The molecule has 0 bridgehead atoms. The summed E-state index contributed by atoms with van der Waals surface area (Å²) in [6, 6.07) is 11.7. The average molecular weight is 423 g/mol. The molecule has 0 atom stereocenters. The Kier molecular flexibility index (Phi) is 6.27. The van der Waals surface area contributed by atoms with Crippen molar-refractivity contribution in [1.29, 1.82) is 0 Å². The minimum absolute atomic E-state index is 0.0362. The fourth-order valence-corrected chi connectivity index (χ4v) is 3.79. The number of benzene rings is 2. The van der Waals surface area contributed by atoms with E-state index in [1.807, 2.05) is 32.0 Å². The molecule has 154 valence electrons. The first kappa shape index (κ1) is 21.2. The molecule has 0 saturated carbocycles. The Morgan fingerprint density at radius 2 is 1.73 bits per heavy atom. The van der Waals surface area contributed by atoms with E-state index in [1.54, 1.807) is 10.3 Å². The maximum Gasteiger partial charge on any atom is 0.338 e. The molecule has 3 aromatic rings. The van der Waals surface area contributed by atoms with E-state index < -0.39 is 11.9 Å². The summed E-state index contributed by atoms with van der Waals surface area (Å²) in [4.78, 5) is 41.6.